The second kappa shape index (κ2) is 5.58. The van der Waals surface area contributed by atoms with Crippen molar-refractivity contribution in [1.29, 1.82) is 0 Å². The Kier molecular flexibility index (Phi) is 3.87. The second-order valence-electron chi connectivity index (χ2n) is 4.30. The van der Waals surface area contributed by atoms with E-state index >= 15 is 0 Å². The van der Waals surface area contributed by atoms with Crippen LogP contribution in [0.5, 0.6) is 5.75 Å². The van der Waals surface area contributed by atoms with Crippen LogP contribution in [0.2, 0.25) is 0 Å². The lowest BCUT2D eigenvalue weighted by Gasteiger charge is -2.15. The van der Waals surface area contributed by atoms with E-state index < -0.39 is 0 Å². The van der Waals surface area contributed by atoms with E-state index in [1.54, 1.807) is 37.4 Å². The van der Waals surface area contributed by atoms with E-state index in [-0.39, 0.29) is 24.0 Å². The molecule has 1 heterocycles. The molecule has 2 rings (SSSR count). The van der Waals surface area contributed by atoms with Crippen LogP contribution >= 0.6 is 0 Å². The Morgan fingerprint density at radius 1 is 1.37 bits per heavy atom. The van der Waals surface area contributed by atoms with Crippen molar-refractivity contribution >= 4 is 5.91 Å². The largest absolute Gasteiger partial charge is 0.508 e. The summed E-state index contributed by atoms with van der Waals surface area (Å²) in [5, 5.41) is 9.38. The Balaban J connectivity index is 2.07. The molecule has 5 heteroatoms. The summed E-state index contributed by atoms with van der Waals surface area (Å²) in [5.74, 6) is 0.807. The number of nitrogens with zero attached hydrogens (tertiary/aromatic N) is 1. The van der Waals surface area contributed by atoms with Crippen LogP contribution in [0.25, 0.3) is 0 Å². The number of nitrogens with two attached hydrogens (primary N) is 1. The number of aromatic hydroxyl groups is 1. The van der Waals surface area contributed by atoms with Crippen LogP contribution in [0.3, 0.4) is 0 Å². The summed E-state index contributed by atoms with van der Waals surface area (Å²) in [6, 6.07) is 10.1. The van der Waals surface area contributed by atoms with Crippen molar-refractivity contribution in [3.8, 4) is 5.75 Å². The summed E-state index contributed by atoms with van der Waals surface area (Å²) in [7, 11) is 1.68. The molecule has 0 saturated carbocycles. The molecule has 0 aliphatic rings. The van der Waals surface area contributed by atoms with Gasteiger partial charge in [-0.15, -0.1) is 0 Å². The average Bonchev–Trinajstić information content (AvgIpc) is 2.86. The number of benzene rings is 1. The first-order valence-corrected chi connectivity index (χ1v) is 5.92. The molecular weight excluding hydrogens is 244 g/mol. The van der Waals surface area contributed by atoms with Gasteiger partial charge in [-0.2, -0.15) is 0 Å². The van der Waals surface area contributed by atoms with E-state index in [9.17, 15) is 9.90 Å². The van der Waals surface area contributed by atoms with Gasteiger partial charge in [0, 0.05) is 13.6 Å². The third-order valence-corrected chi connectivity index (χ3v) is 2.75. The molecule has 1 aromatic heterocycles. The average molecular weight is 260 g/mol. The molecule has 1 amide bonds. The maximum atomic E-state index is 12.1. The number of furan rings is 1. The zero-order valence-electron chi connectivity index (χ0n) is 10.7. The highest BCUT2D eigenvalue weighted by Gasteiger charge is 2.16. The zero-order valence-corrected chi connectivity index (χ0v) is 10.7. The predicted molar refractivity (Wildman–Crippen MR) is 70.5 cm³/mol. The molecule has 0 spiro atoms. The van der Waals surface area contributed by atoms with Crippen molar-refractivity contribution in [2.45, 2.75) is 13.1 Å². The lowest BCUT2D eigenvalue weighted by atomic mass is 10.2. The first kappa shape index (κ1) is 13.2. The highest BCUT2D eigenvalue weighted by atomic mass is 16.4. The first-order chi connectivity index (χ1) is 9.10. The minimum atomic E-state index is -0.219. The molecule has 0 atom stereocenters. The highest BCUT2D eigenvalue weighted by Crippen LogP contribution is 2.15. The number of carbonyl (C=O) groups excluding carboxylic acids is 1. The maximum absolute atomic E-state index is 12.1. The standard InChI is InChI=1S/C14H16N2O3/c1-16(9-10-3-2-4-11(17)7-10)14(18)13-6-5-12(8-15)19-13/h2-7,17H,8-9,15H2,1H3. The van der Waals surface area contributed by atoms with Crippen LogP contribution in [0, 0.1) is 0 Å². The Bertz CT molecular complexity index is 578. The van der Waals surface area contributed by atoms with E-state index in [0.29, 0.717) is 12.3 Å². The third-order valence-electron chi connectivity index (χ3n) is 2.75. The van der Waals surface area contributed by atoms with Gasteiger partial charge in [-0.3, -0.25) is 4.79 Å². The Morgan fingerprint density at radius 3 is 2.79 bits per heavy atom. The number of phenols is 1. The van der Waals surface area contributed by atoms with Gasteiger partial charge >= 0.3 is 0 Å². The van der Waals surface area contributed by atoms with Crippen molar-refractivity contribution in [2.24, 2.45) is 5.73 Å². The van der Waals surface area contributed by atoms with Crippen molar-refractivity contribution < 1.29 is 14.3 Å². The number of phenolic OH excluding ortho intramolecular Hbond substituents is 1. The van der Waals surface area contributed by atoms with Crippen molar-refractivity contribution in [1.82, 2.24) is 4.90 Å². The molecule has 0 bridgehead atoms. The number of hydrogen-bond acceptors (Lipinski definition) is 4. The fourth-order valence-electron chi connectivity index (χ4n) is 1.79. The topological polar surface area (TPSA) is 79.7 Å². The molecule has 0 aliphatic carbocycles. The van der Waals surface area contributed by atoms with E-state index in [2.05, 4.69) is 0 Å². The molecule has 2 aromatic rings. The summed E-state index contributed by atoms with van der Waals surface area (Å²) in [5.41, 5.74) is 6.28. The molecule has 0 unspecified atom stereocenters. The van der Waals surface area contributed by atoms with Gasteiger partial charge in [-0.1, -0.05) is 12.1 Å². The Hall–Kier alpha value is -2.27. The number of amides is 1. The smallest absolute Gasteiger partial charge is 0.289 e. The maximum Gasteiger partial charge on any atom is 0.289 e. The normalized spacial score (nSPS) is 10.4. The van der Waals surface area contributed by atoms with Crippen LogP contribution in [-0.4, -0.2) is 23.0 Å². The molecule has 3 N–H and O–H groups in total. The van der Waals surface area contributed by atoms with Gasteiger partial charge in [0.2, 0.25) is 0 Å². The predicted octanol–water partition coefficient (Wildman–Crippen LogP) is 1.72. The Labute approximate surface area is 111 Å². The fourth-order valence-corrected chi connectivity index (χ4v) is 1.79. The second-order valence-corrected chi connectivity index (χ2v) is 4.30. The number of carbonyl (C=O) groups is 1. The van der Waals surface area contributed by atoms with Crippen LogP contribution in [0.4, 0.5) is 0 Å². The highest BCUT2D eigenvalue weighted by molar-refractivity contribution is 5.91. The van der Waals surface area contributed by atoms with Gasteiger partial charge in [-0.25, -0.2) is 0 Å². The van der Waals surface area contributed by atoms with Gasteiger partial charge in [0.15, 0.2) is 5.76 Å². The Morgan fingerprint density at radius 2 is 2.16 bits per heavy atom. The number of hydrogen-bond donors (Lipinski definition) is 2. The van der Waals surface area contributed by atoms with Gasteiger partial charge in [0.1, 0.15) is 11.5 Å². The molecule has 0 aliphatic heterocycles. The van der Waals surface area contributed by atoms with Crippen LogP contribution in [0.1, 0.15) is 21.9 Å². The third kappa shape index (κ3) is 3.14. The lowest BCUT2D eigenvalue weighted by Crippen LogP contribution is -2.25. The number of rotatable bonds is 4. The molecule has 5 nitrogen and oxygen atoms in total. The summed E-state index contributed by atoms with van der Waals surface area (Å²) in [6.45, 7) is 0.662. The van der Waals surface area contributed by atoms with Gasteiger partial charge in [0.25, 0.3) is 5.91 Å². The van der Waals surface area contributed by atoms with Gasteiger partial charge < -0.3 is 20.2 Å². The van der Waals surface area contributed by atoms with E-state index in [0.717, 1.165) is 5.56 Å². The van der Waals surface area contributed by atoms with Crippen molar-refractivity contribution in [2.75, 3.05) is 7.05 Å². The molecule has 0 fully saturated rings. The molecular formula is C14H16N2O3. The summed E-state index contributed by atoms with van der Waals surface area (Å²) in [4.78, 5) is 13.6. The molecule has 1 aromatic carbocycles. The zero-order chi connectivity index (χ0) is 13.8. The molecule has 19 heavy (non-hydrogen) atoms. The summed E-state index contributed by atoms with van der Waals surface area (Å²) in [6.07, 6.45) is 0. The minimum absolute atomic E-state index is 0.182. The van der Waals surface area contributed by atoms with Crippen molar-refractivity contribution in [3.05, 3.63) is 53.5 Å². The first-order valence-electron chi connectivity index (χ1n) is 5.92. The fraction of sp³-hybridized carbons (Fsp3) is 0.214. The van der Waals surface area contributed by atoms with Gasteiger partial charge in [0.05, 0.1) is 6.54 Å². The summed E-state index contributed by atoms with van der Waals surface area (Å²) >= 11 is 0. The van der Waals surface area contributed by atoms with Crippen LogP contribution < -0.4 is 5.73 Å². The minimum Gasteiger partial charge on any atom is -0.508 e. The van der Waals surface area contributed by atoms with Gasteiger partial charge in [-0.05, 0) is 29.8 Å². The van der Waals surface area contributed by atoms with E-state index in [1.165, 1.54) is 4.90 Å². The van der Waals surface area contributed by atoms with Crippen LogP contribution in [0.15, 0.2) is 40.8 Å². The summed E-state index contributed by atoms with van der Waals surface area (Å²) < 4.78 is 5.31. The molecule has 100 valence electrons. The lowest BCUT2D eigenvalue weighted by molar-refractivity contribution is 0.0751. The van der Waals surface area contributed by atoms with Crippen LogP contribution in [-0.2, 0) is 13.1 Å². The quantitative estimate of drug-likeness (QED) is 0.877. The van der Waals surface area contributed by atoms with Crippen molar-refractivity contribution in [3.63, 3.8) is 0 Å². The van der Waals surface area contributed by atoms with E-state index in [1.807, 2.05) is 6.07 Å². The molecule has 0 radical (unpaired) electrons. The van der Waals surface area contributed by atoms with E-state index in [4.69, 9.17) is 10.2 Å². The molecule has 0 saturated heterocycles. The SMILES string of the molecule is CN(Cc1cccc(O)c1)C(=O)c1ccc(CN)o1. The monoisotopic (exact) mass is 260 g/mol.